The van der Waals surface area contributed by atoms with Crippen molar-refractivity contribution in [2.75, 3.05) is 11.9 Å². The van der Waals surface area contributed by atoms with Crippen molar-refractivity contribution in [2.24, 2.45) is 5.92 Å². The van der Waals surface area contributed by atoms with Gasteiger partial charge in [-0.1, -0.05) is 37.6 Å². The quantitative estimate of drug-likeness (QED) is 0.801. The summed E-state index contributed by atoms with van der Waals surface area (Å²) in [5, 5.41) is 5.88. The first-order valence-corrected chi connectivity index (χ1v) is 7.98. The van der Waals surface area contributed by atoms with Gasteiger partial charge in [0.15, 0.2) is 0 Å². The van der Waals surface area contributed by atoms with E-state index in [0.717, 1.165) is 11.6 Å². The Hall–Kier alpha value is -1.98. The molecular formula is C18H19ClF2N2O. The number of rotatable bonds is 6. The van der Waals surface area contributed by atoms with E-state index in [1.54, 1.807) is 12.1 Å². The van der Waals surface area contributed by atoms with Gasteiger partial charge in [-0.15, -0.1) is 0 Å². The molecule has 2 aromatic carbocycles. The summed E-state index contributed by atoms with van der Waals surface area (Å²) in [5.41, 5.74) is 0.964. The summed E-state index contributed by atoms with van der Waals surface area (Å²) < 4.78 is 26.7. The fraction of sp³-hybridized carbons (Fsp3) is 0.278. The molecule has 128 valence electrons. The summed E-state index contributed by atoms with van der Waals surface area (Å²) in [4.78, 5) is 12.0. The van der Waals surface area contributed by atoms with Crippen molar-refractivity contribution in [3.63, 3.8) is 0 Å². The van der Waals surface area contributed by atoms with Gasteiger partial charge in [0.25, 0.3) is 0 Å². The second-order valence-corrected chi connectivity index (χ2v) is 6.26. The van der Waals surface area contributed by atoms with E-state index in [1.807, 2.05) is 13.8 Å². The highest BCUT2D eigenvalue weighted by Gasteiger charge is 2.17. The van der Waals surface area contributed by atoms with Crippen LogP contribution in [0.2, 0.25) is 5.02 Å². The molecule has 0 spiro atoms. The van der Waals surface area contributed by atoms with Gasteiger partial charge < -0.3 is 10.6 Å². The Balaban J connectivity index is 1.98. The highest BCUT2D eigenvalue weighted by molar-refractivity contribution is 6.30. The van der Waals surface area contributed by atoms with Crippen molar-refractivity contribution in [3.8, 4) is 0 Å². The third kappa shape index (κ3) is 5.01. The Labute approximate surface area is 145 Å². The number of hydrogen-bond donors (Lipinski definition) is 2. The van der Waals surface area contributed by atoms with E-state index in [4.69, 9.17) is 11.6 Å². The Morgan fingerprint density at radius 1 is 1.12 bits per heavy atom. The van der Waals surface area contributed by atoms with E-state index in [1.165, 1.54) is 24.3 Å². The van der Waals surface area contributed by atoms with Gasteiger partial charge in [0.2, 0.25) is 5.91 Å². The second kappa shape index (κ2) is 8.22. The van der Waals surface area contributed by atoms with Gasteiger partial charge >= 0.3 is 0 Å². The first kappa shape index (κ1) is 18.4. The summed E-state index contributed by atoms with van der Waals surface area (Å²) in [6.45, 7) is 4.00. The van der Waals surface area contributed by atoms with Crippen molar-refractivity contribution in [1.29, 1.82) is 0 Å². The summed E-state index contributed by atoms with van der Waals surface area (Å²) in [5.74, 6) is -1.08. The van der Waals surface area contributed by atoms with Gasteiger partial charge in [-0.25, -0.2) is 8.78 Å². The summed E-state index contributed by atoms with van der Waals surface area (Å²) >= 11 is 5.68. The fourth-order valence-electron chi connectivity index (χ4n) is 2.40. The first-order valence-electron chi connectivity index (χ1n) is 7.60. The number of anilines is 1. The molecular weight excluding hydrogens is 334 g/mol. The van der Waals surface area contributed by atoms with E-state index >= 15 is 0 Å². The van der Waals surface area contributed by atoms with Crippen LogP contribution >= 0.6 is 11.6 Å². The van der Waals surface area contributed by atoms with Crippen LogP contribution in [0.5, 0.6) is 0 Å². The Morgan fingerprint density at radius 2 is 1.79 bits per heavy atom. The van der Waals surface area contributed by atoms with Crippen LogP contribution in [0, 0.1) is 17.6 Å². The minimum Gasteiger partial charge on any atom is -0.322 e. The standard InChI is InChI=1S/C18H19ClF2N2O/c1-11(2)18(12-3-6-14(20)7-4-12)22-10-17(24)23-16-8-5-13(19)9-15(16)21/h3-9,11,18,22H,10H2,1-2H3,(H,23,24)/t18-/m0/s1. The second-order valence-electron chi connectivity index (χ2n) is 5.83. The number of carbonyl (C=O) groups excluding carboxylic acids is 1. The minimum atomic E-state index is -0.588. The Bertz CT molecular complexity index is 705. The van der Waals surface area contributed by atoms with Crippen molar-refractivity contribution in [3.05, 3.63) is 64.7 Å². The van der Waals surface area contributed by atoms with Crippen molar-refractivity contribution < 1.29 is 13.6 Å². The molecule has 0 heterocycles. The molecule has 3 nitrogen and oxygen atoms in total. The maximum atomic E-state index is 13.7. The number of benzene rings is 2. The highest BCUT2D eigenvalue weighted by Crippen LogP contribution is 2.22. The van der Waals surface area contributed by atoms with Crippen LogP contribution in [-0.2, 0) is 4.79 Å². The summed E-state index contributed by atoms with van der Waals surface area (Å²) in [7, 11) is 0. The largest absolute Gasteiger partial charge is 0.322 e. The number of carbonyl (C=O) groups is 1. The molecule has 0 aromatic heterocycles. The van der Waals surface area contributed by atoms with Crippen molar-refractivity contribution in [2.45, 2.75) is 19.9 Å². The lowest BCUT2D eigenvalue weighted by molar-refractivity contribution is -0.115. The van der Waals surface area contributed by atoms with Gasteiger partial charge in [0, 0.05) is 11.1 Å². The molecule has 24 heavy (non-hydrogen) atoms. The van der Waals surface area contributed by atoms with Crippen molar-refractivity contribution in [1.82, 2.24) is 5.32 Å². The Morgan fingerprint density at radius 3 is 2.38 bits per heavy atom. The van der Waals surface area contributed by atoms with Gasteiger partial charge in [0.05, 0.1) is 12.2 Å². The first-order chi connectivity index (χ1) is 11.4. The maximum absolute atomic E-state index is 13.7. The van der Waals surface area contributed by atoms with E-state index < -0.39 is 5.82 Å². The molecule has 0 bridgehead atoms. The average molecular weight is 353 g/mol. The number of amides is 1. The van der Waals surface area contributed by atoms with E-state index in [2.05, 4.69) is 10.6 Å². The summed E-state index contributed by atoms with van der Waals surface area (Å²) in [6.07, 6.45) is 0. The molecule has 0 aliphatic heterocycles. The smallest absolute Gasteiger partial charge is 0.238 e. The number of nitrogens with one attached hydrogen (secondary N) is 2. The molecule has 0 aliphatic carbocycles. The lowest BCUT2D eigenvalue weighted by atomic mass is 9.96. The summed E-state index contributed by atoms with van der Waals surface area (Å²) in [6, 6.07) is 10.1. The lowest BCUT2D eigenvalue weighted by Crippen LogP contribution is -2.33. The maximum Gasteiger partial charge on any atom is 0.238 e. The zero-order chi connectivity index (χ0) is 17.7. The molecule has 0 saturated heterocycles. The molecule has 2 aromatic rings. The lowest BCUT2D eigenvalue weighted by Gasteiger charge is -2.23. The molecule has 0 unspecified atom stereocenters. The highest BCUT2D eigenvalue weighted by atomic mass is 35.5. The molecule has 1 atom stereocenters. The zero-order valence-electron chi connectivity index (χ0n) is 13.4. The van der Waals surface area contributed by atoms with E-state index in [-0.39, 0.29) is 40.9 Å². The Kier molecular flexibility index (Phi) is 6.29. The van der Waals surface area contributed by atoms with Gasteiger partial charge in [-0.05, 0) is 41.8 Å². The van der Waals surface area contributed by atoms with Crippen LogP contribution in [-0.4, -0.2) is 12.5 Å². The SMILES string of the molecule is CC(C)[C@H](NCC(=O)Nc1ccc(Cl)cc1F)c1ccc(F)cc1. The minimum absolute atomic E-state index is 0.00227. The van der Waals surface area contributed by atoms with Crippen molar-refractivity contribution >= 4 is 23.2 Å². The van der Waals surface area contributed by atoms with E-state index in [9.17, 15) is 13.6 Å². The third-order valence-electron chi connectivity index (χ3n) is 3.58. The van der Waals surface area contributed by atoms with Crippen LogP contribution in [0.4, 0.5) is 14.5 Å². The monoisotopic (exact) mass is 352 g/mol. The molecule has 6 heteroatoms. The molecule has 0 fully saturated rings. The topological polar surface area (TPSA) is 41.1 Å². The van der Waals surface area contributed by atoms with Crippen LogP contribution < -0.4 is 10.6 Å². The van der Waals surface area contributed by atoms with Gasteiger partial charge in [0.1, 0.15) is 11.6 Å². The number of halogens is 3. The molecule has 0 saturated carbocycles. The molecule has 2 rings (SSSR count). The van der Waals surface area contributed by atoms with Gasteiger partial charge in [-0.2, -0.15) is 0 Å². The van der Waals surface area contributed by atoms with Crippen LogP contribution in [0.1, 0.15) is 25.5 Å². The molecule has 0 radical (unpaired) electrons. The van der Waals surface area contributed by atoms with Crippen LogP contribution in [0.15, 0.2) is 42.5 Å². The molecule has 0 aliphatic rings. The normalized spacial score (nSPS) is 12.2. The molecule has 1 amide bonds. The third-order valence-corrected chi connectivity index (χ3v) is 3.82. The zero-order valence-corrected chi connectivity index (χ0v) is 14.2. The van der Waals surface area contributed by atoms with E-state index in [0.29, 0.717) is 0 Å². The van der Waals surface area contributed by atoms with Gasteiger partial charge in [-0.3, -0.25) is 4.79 Å². The number of hydrogen-bond acceptors (Lipinski definition) is 2. The fourth-order valence-corrected chi connectivity index (χ4v) is 2.56. The van der Waals surface area contributed by atoms with Crippen LogP contribution in [0.25, 0.3) is 0 Å². The predicted molar refractivity (Wildman–Crippen MR) is 92.0 cm³/mol. The predicted octanol–water partition coefficient (Wildman–Crippen LogP) is 4.54. The molecule has 2 N–H and O–H groups in total. The van der Waals surface area contributed by atoms with Crippen LogP contribution in [0.3, 0.4) is 0 Å². The average Bonchev–Trinajstić information content (AvgIpc) is 2.52.